The highest BCUT2D eigenvalue weighted by molar-refractivity contribution is 7.19. The number of benzene rings is 1. The summed E-state index contributed by atoms with van der Waals surface area (Å²) >= 11 is 1.38. The molecular weight excluding hydrogens is 293 g/mol. The molecule has 0 saturated carbocycles. The van der Waals surface area contributed by atoms with E-state index in [1.807, 2.05) is 13.0 Å². The van der Waals surface area contributed by atoms with E-state index in [1.54, 1.807) is 6.07 Å². The van der Waals surface area contributed by atoms with Crippen LogP contribution < -0.4 is 10.5 Å². The third-order valence-electron chi connectivity index (χ3n) is 2.97. The summed E-state index contributed by atoms with van der Waals surface area (Å²) in [7, 11) is 1.40. The Morgan fingerprint density at radius 1 is 1.33 bits per heavy atom. The van der Waals surface area contributed by atoms with Gasteiger partial charge in [0, 0.05) is 5.56 Å². The number of aryl methyl sites for hydroxylation is 1. The Balaban J connectivity index is 2.00. The number of ether oxygens (including phenoxy) is 1. The number of nitrogen functional groups attached to an aromatic ring is 1. The molecule has 3 aromatic rings. The maximum atomic E-state index is 13.4. The highest BCUT2D eigenvalue weighted by atomic mass is 32.1. The molecule has 2 aromatic heterocycles. The van der Waals surface area contributed by atoms with Crippen molar-refractivity contribution >= 4 is 16.3 Å². The van der Waals surface area contributed by atoms with Crippen LogP contribution in [0.25, 0.3) is 22.2 Å². The van der Waals surface area contributed by atoms with Gasteiger partial charge in [0.2, 0.25) is 5.82 Å². The number of rotatable bonds is 3. The molecule has 0 amide bonds. The van der Waals surface area contributed by atoms with Gasteiger partial charge in [-0.15, -0.1) is 11.3 Å². The van der Waals surface area contributed by atoms with E-state index in [0.29, 0.717) is 22.3 Å². The third-order valence-corrected chi connectivity index (χ3v) is 4.02. The molecule has 1 aromatic carbocycles. The molecule has 0 spiro atoms. The Hall–Kier alpha value is -2.41. The van der Waals surface area contributed by atoms with Gasteiger partial charge in [0.05, 0.1) is 17.0 Å². The molecular formula is C14H12FN3O2S. The predicted octanol–water partition coefficient (Wildman–Crippen LogP) is 3.50. The summed E-state index contributed by atoms with van der Waals surface area (Å²) in [6.07, 6.45) is 0. The van der Waals surface area contributed by atoms with Gasteiger partial charge in [0.25, 0.3) is 5.89 Å². The molecule has 0 aliphatic rings. The fraction of sp³-hybridized carbons (Fsp3) is 0.143. The molecule has 2 N–H and O–H groups in total. The van der Waals surface area contributed by atoms with Crippen molar-refractivity contribution < 1.29 is 13.7 Å². The highest BCUT2D eigenvalue weighted by Gasteiger charge is 2.16. The fourth-order valence-electron chi connectivity index (χ4n) is 1.95. The van der Waals surface area contributed by atoms with Gasteiger partial charge in [-0.1, -0.05) is 5.16 Å². The summed E-state index contributed by atoms with van der Waals surface area (Å²) in [6, 6.07) is 6.26. The fourth-order valence-corrected chi connectivity index (χ4v) is 2.81. The summed E-state index contributed by atoms with van der Waals surface area (Å²) in [5.41, 5.74) is 7.35. The van der Waals surface area contributed by atoms with E-state index in [9.17, 15) is 4.39 Å². The summed E-state index contributed by atoms with van der Waals surface area (Å²) < 4.78 is 23.6. The van der Waals surface area contributed by atoms with Gasteiger partial charge in [-0.2, -0.15) is 4.98 Å². The summed E-state index contributed by atoms with van der Waals surface area (Å²) in [5, 5.41) is 4.61. The lowest BCUT2D eigenvalue weighted by Crippen LogP contribution is -1.89. The van der Waals surface area contributed by atoms with Gasteiger partial charge >= 0.3 is 0 Å². The van der Waals surface area contributed by atoms with Crippen LogP contribution in [0.2, 0.25) is 0 Å². The van der Waals surface area contributed by atoms with E-state index in [1.165, 1.54) is 30.6 Å². The molecule has 0 saturated heterocycles. The zero-order valence-corrected chi connectivity index (χ0v) is 12.2. The van der Waals surface area contributed by atoms with Crippen molar-refractivity contribution in [1.82, 2.24) is 10.1 Å². The molecule has 3 rings (SSSR count). The first-order valence-corrected chi connectivity index (χ1v) is 6.94. The molecule has 0 aliphatic carbocycles. The molecule has 0 unspecified atom stereocenters. The molecule has 21 heavy (non-hydrogen) atoms. The molecule has 108 valence electrons. The van der Waals surface area contributed by atoms with Crippen molar-refractivity contribution in [3.05, 3.63) is 35.6 Å². The van der Waals surface area contributed by atoms with Crippen LogP contribution in [0.4, 0.5) is 9.39 Å². The first kappa shape index (κ1) is 13.6. The second-order valence-corrected chi connectivity index (χ2v) is 5.52. The van der Waals surface area contributed by atoms with Crippen LogP contribution in [0.15, 0.2) is 28.8 Å². The number of nitrogens with two attached hydrogens (primary N) is 1. The Labute approximate surface area is 124 Å². The summed E-state index contributed by atoms with van der Waals surface area (Å²) in [4.78, 5) is 5.16. The smallest absolute Gasteiger partial charge is 0.268 e. The number of aromatic nitrogens is 2. The van der Waals surface area contributed by atoms with Crippen LogP contribution in [0, 0.1) is 12.7 Å². The maximum Gasteiger partial charge on any atom is 0.268 e. The van der Waals surface area contributed by atoms with Crippen molar-refractivity contribution in [3.8, 4) is 27.9 Å². The number of anilines is 1. The second kappa shape index (κ2) is 5.17. The van der Waals surface area contributed by atoms with Gasteiger partial charge < -0.3 is 15.0 Å². The van der Waals surface area contributed by atoms with Gasteiger partial charge in [0.1, 0.15) is 0 Å². The third kappa shape index (κ3) is 2.47. The number of hydrogen-bond donors (Lipinski definition) is 1. The minimum Gasteiger partial charge on any atom is -0.494 e. The maximum absolute atomic E-state index is 13.4. The Morgan fingerprint density at radius 3 is 2.81 bits per heavy atom. The average molecular weight is 305 g/mol. The molecule has 7 heteroatoms. The number of hydrogen-bond acceptors (Lipinski definition) is 6. The van der Waals surface area contributed by atoms with Crippen LogP contribution in [0.3, 0.4) is 0 Å². The molecule has 0 fully saturated rings. The van der Waals surface area contributed by atoms with Crippen molar-refractivity contribution in [3.63, 3.8) is 0 Å². The van der Waals surface area contributed by atoms with E-state index in [0.717, 1.165) is 10.4 Å². The largest absolute Gasteiger partial charge is 0.494 e. The van der Waals surface area contributed by atoms with E-state index in [4.69, 9.17) is 15.0 Å². The zero-order valence-electron chi connectivity index (χ0n) is 11.4. The molecule has 5 nitrogen and oxygen atoms in total. The molecule has 0 atom stereocenters. The van der Waals surface area contributed by atoms with Crippen LogP contribution >= 0.6 is 11.3 Å². The van der Waals surface area contributed by atoms with Crippen molar-refractivity contribution in [2.75, 3.05) is 12.8 Å². The van der Waals surface area contributed by atoms with Gasteiger partial charge in [0.15, 0.2) is 11.6 Å². The lowest BCUT2D eigenvalue weighted by atomic mass is 10.2. The SMILES string of the molecule is COc1cc(-c2noc(-c3sc(N)cc3C)n2)ccc1F. The lowest BCUT2D eigenvalue weighted by molar-refractivity contribution is 0.386. The minimum atomic E-state index is -0.438. The van der Waals surface area contributed by atoms with Crippen molar-refractivity contribution in [1.29, 1.82) is 0 Å². The lowest BCUT2D eigenvalue weighted by Gasteiger charge is -2.02. The van der Waals surface area contributed by atoms with E-state index >= 15 is 0 Å². The van der Waals surface area contributed by atoms with Gasteiger partial charge in [-0.05, 0) is 36.8 Å². The van der Waals surface area contributed by atoms with E-state index in [-0.39, 0.29) is 5.75 Å². The average Bonchev–Trinajstić information content (AvgIpc) is 3.06. The summed E-state index contributed by atoms with van der Waals surface area (Å²) in [6.45, 7) is 1.92. The molecule has 2 heterocycles. The number of methoxy groups -OCH3 is 1. The predicted molar refractivity (Wildman–Crippen MR) is 78.7 cm³/mol. The molecule has 0 radical (unpaired) electrons. The summed E-state index contributed by atoms with van der Waals surface area (Å²) in [5.74, 6) is 0.462. The van der Waals surface area contributed by atoms with Crippen molar-refractivity contribution in [2.45, 2.75) is 6.92 Å². The first-order chi connectivity index (χ1) is 10.1. The van der Waals surface area contributed by atoms with Crippen LogP contribution in [-0.4, -0.2) is 17.3 Å². The Morgan fingerprint density at radius 2 is 2.14 bits per heavy atom. The topological polar surface area (TPSA) is 74.2 Å². The standard InChI is InChI=1S/C14H12FN3O2S/c1-7-5-11(16)21-12(7)14-17-13(18-20-14)8-3-4-9(15)10(6-8)19-2/h3-6H,16H2,1-2H3. The van der Waals surface area contributed by atoms with Gasteiger partial charge in [-0.3, -0.25) is 0 Å². The van der Waals surface area contributed by atoms with Crippen LogP contribution in [0.5, 0.6) is 5.75 Å². The minimum absolute atomic E-state index is 0.135. The van der Waals surface area contributed by atoms with E-state index in [2.05, 4.69) is 10.1 Å². The second-order valence-electron chi connectivity index (χ2n) is 4.43. The molecule has 0 bridgehead atoms. The zero-order chi connectivity index (χ0) is 15.0. The first-order valence-electron chi connectivity index (χ1n) is 6.12. The number of thiophene rings is 1. The quantitative estimate of drug-likeness (QED) is 0.801. The monoisotopic (exact) mass is 305 g/mol. The van der Waals surface area contributed by atoms with Crippen LogP contribution in [0.1, 0.15) is 5.56 Å². The number of halogens is 1. The highest BCUT2D eigenvalue weighted by Crippen LogP contribution is 2.34. The van der Waals surface area contributed by atoms with Gasteiger partial charge in [-0.25, -0.2) is 4.39 Å². The van der Waals surface area contributed by atoms with Crippen molar-refractivity contribution in [2.24, 2.45) is 0 Å². The Kier molecular flexibility index (Phi) is 3.34. The van der Waals surface area contributed by atoms with Crippen LogP contribution in [-0.2, 0) is 0 Å². The Bertz CT molecular complexity index is 797. The van der Waals surface area contributed by atoms with E-state index < -0.39 is 5.82 Å². The normalized spacial score (nSPS) is 10.8. The molecule has 0 aliphatic heterocycles. The number of nitrogens with zero attached hydrogens (tertiary/aromatic N) is 2.